The Labute approximate surface area is 219 Å². The molecule has 3 heterocycles. The molecule has 1 aliphatic rings. The fourth-order valence-corrected chi connectivity index (χ4v) is 11.0. The van der Waals surface area contributed by atoms with Crippen molar-refractivity contribution in [1.29, 1.82) is 0 Å². The summed E-state index contributed by atoms with van der Waals surface area (Å²) in [7, 11) is -2.72. The molecule has 0 saturated heterocycles. The number of hydrogen-bond donors (Lipinski definition) is 1. The first-order valence-electron chi connectivity index (χ1n) is 11.6. The molecule has 1 aliphatic heterocycles. The van der Waals surface area contributed by atoms with Crippen LogP contribution in [0.15, 0.2) is 78.9 Å². The molecule has 10 heteroatoms. The lowest BCUT2D eigenvalue weighted by Gasteiger charge is -2.43. The Bertz CT molecular complexity index is 1370. The normalized spacial score (nSPS) is 18.5. The Kier molecular flexibility index (Phi) is 6.67. The van der Waals surface area contributed by atoms with E-state index in [2.05, 4.69) is 84.3 Å². The van der Waals surface area contributed by atoms with Gasteiger partial charge in [0.2, 0.25) is 5.95 Å². The quantitative estimate of drug-likeness (QED) is 0.271. The summed E-state index contributed by atoms with van der Waals surface area (Å²) in [4.78, 5) is 12.5. The fourth-order valence-electron chi connectivity index (χ4n) is 4.85. The Morgan fingerprint density at radius 1 is 1.06 bits per heavy atom. The minimum atomic E-state index is -2.72. The Balaban J connectivity index is 1.46. The van der Waals surface area contributed by atoms with Gasteiger partial charge in [0, 0.05) is 0 Å². The topological polar surface area (TPSA) is 78.8 Å². The van der Waals surface area contributed by atoms with Gasteiger partial charge in [0.15, 0.2) is 10.8 Å². The number of benzene rings is 2. The molecule has 0 bridgehead atoms. The van der Waals surface area contributed by atoms with Gasteiger partial charge in [-0.3, -0.25) is 4.57 Å². The molecule has 0 fully saturated rings. The number of nitrogens with two attached hydrogens (primary N) is 1. The minimum Gasteiger partial charge on any atom is -0.406 e. The third kappa shape index (κ3) is 4.34. The van der Waals surface area contributed by atoms with E-state index in [9.17, 15) is 0 Å². The zero-order chi connectivity index (χ0) is 25.5. The lowest BCUT2D eigenvalue weighted by atomic mass is 10.2. The van der Waals surface area contributed by atoms with Gasteiger partial charge in [-0.05, 0) is 21.5 Å². The predicted molar refractivity (Wildman–Crippen MR) is 148 cm³/mol. The van der Waals surface area contributed by atoms with E-state index in [0.717, 1.165) is 0 Å². The largest absolute Gasteiger partial charge is 0.406 e. The van der Waals surface area contributed by atoms with E-state index in [1.54, 1.807) is 10.6 Å². The second-order valence-electron chi connectivity index (χ2n) is 9.75. The summed E-state index contributed by atoms with van der Waals surface area (Å²) in [5, 5.41) is 1.55. The molecule has 4 aromatic rings. The van der Waals surface area contributed by atoms with Crippen molar-refractivity contribution in [1.82, 2.24) is 19.5 Å². The highest BCUT2D eigenvalue weighted by molar-refractivity contribution is 8.00. The molecule has 5 rings (SSSR count). The van der Waals surface area contributed by atoms with Crippen LogP contribution in [0.2, 0.25) is 10.2 Å². The molecule has 186 valence electrons. The zero-order valence-electron chi connectivity index (χ0n) is 20.2. The number of rotatable bonds is 6. The smallest absolute Gasteiger partial charge is 0.261 e. The first-order chi connectivity index (χ1) is 17.2. The second-order valence-corrected chi connectivity index (χ2v) is 15.7. The second kappa shape index (κ2) is 9.62. The van der Waals surface area contributed by atoms with Gasteiger partial charge in [-0.15, -0.1) is 11.8 Å². The molecule has 0 spiro atoms. The van der Waals surface area contributed by atoms with Crippen LogP contribution >= 0.6 is 23.4 Å². The summed E-state index contributed by atoms with van der Waals surface area (Å²) in [6.45, 7) is 7.05. The van der Waals surface area contributed by atoms with Gasteiger partial charge >= 0.3 is 0 Å². The van der Waals surface area contributed by atoms with Gasteiger partial charge < -0.3 is 10.2 Å². The number of nitrogens with zero attached hydrogens (tertiary/aromatic N) is 4. The minimum absolute atomic E-state index is 0.0215. The number of aromatic nitrogens is 4. The molecule has 2 N–H and O–H groups in total. The molecule has 2 atom stereocenters. The van der Waals surface area contributed by atoms with E-state index >= 15 is 4.39 Å². The lowest BCUT2D eigenvalue weighted by molar-refractivity contribution is 0.308. The van der Waals surface area contributed by atoms with Crippen molar-refractivity contribution in [2.24, 2.45) is 0 Å². The number of thioether (sulfide) groups is 1. The van der Waals surface area contributed by atoms with E-state index in [1.165, 1.54) is 28.5 Å². The van der Waals surface area contributed by atoms with Crippen LogP contribution in [0.5, 0.6) is 0 Å². The molecule has 2 aromatic heterocycles. The van der Waals surface area contributed by atoms with Crippen LogP contribution in [-0.2, 0) is 4.43 Å². The number of fused-ring (bicyclic) bond motifs is 1. The van der Waals surface area contributed by atoms with Crippen molar-refractivity contribution in [2.45, 2.75) is 36.4 Å². The van der Waals surface area contributed by atoms with Crippen LogP contribution in [0.3, 0.4) is 0 Å². The highest BCUT2D eigenvalue weighted by Crippen LogP contribution is 2.45. The van der Waals surface area contributed by atoms with Crippen LogP contribution in [-0.4, -0.2) is 39.7 Å². The first kappa shape index (κ1) is 24.9. The van der Waals surface area contributed by atoms with Gasteiger partial charge in [-0.2, -0.15) is 9.97 Å². The maximum atomic E-state index is 15.3. The van der Waals surface area contributed by atoms with Crippen LogP contribution in [0.25, 0.3) is 11.2 Å². The summed E-state index contributed by atoms with van der Waals surface area (Å²) in [5.41, 5.74) is 6.58. The van der Waals surface area contributed by atoms with Crippen molar-refractivity contribution in [2.75, 3.05) is 12.3 Å². The molecular weight excluding hydrogens is 513 g/mol. The van der Waals surface area contributed by atoms with Crippen LogP contribution in [0.1, 0.15) is 26.1 Å². The summed E-state index contributed by atoms with van der Waals surface area (Å²) >= 11 is 7.62. The number of nitrogen functional groups attached to an aromatic ring is 1. The van der Waals surface area contributed by atoms with E-state index in [4.69, 9.17) is 21.8 Å². The lowest BCUT2D eigenvalue weighted by Crippen LogP contribution is -2.67. The van der Waals surface area contributed by atoms with Gasteiger partial charge in [-0.25, -0.2) is 9.37 Å². The Morgan fingerprint density at radius 3 is 2.25 bits per heavy atom. The third-order valence-electron chi connectivity index (χ3n) is 6.41. The molecule has 0 radical (unpaired) electrons. The molecule has 2 aromatic carbocycles. The fraction of sp³-hybridized carbons (Fsp3) is 0.269. The van der Waals surface area contributed by atoms with Crippen LogP contribution < -0.4 is 16.1 Å². The highest BCUT2D eigenvalue weighted by Gasteiger charge is 2.50. The van der Waals surface area contributed by atoms with Crippen molar-refractivity contribution in [3.05, 3.63) is 84.0 Å². The van der Waals surface area contributed by atoms with Gasteiger partial charge in [-0.1, -0.05) is 93.0 Å². The van der Waals surface area contributed by atoms with Gasteiger partial charge in [0.1, 0.15) is 16.7 Å². The molecule has 1 unspecified atom stereocenters. The maximum absolute atomic E-state index is 15.3. The van der Waals surface area contributed by atoms with Gasteiger partial charge in [0.25, 0.3) is 8.32 Å². The van der Waals surface area contributed by atoms with E-state index < -0.39 is 13.7 Å². The standard InChI is InChI=1S/C26H27ClFN5OSSi/c1-26(2,3)36(18-10-6-4-7-11-18,19-12-8-5-9-13-19)34-15-17-14-20(28)24(35-17)33-16-30-21-22(27)31-25(29)32-23(21)33/h4-14,16-17,24H,15H2,1-3H3,(H2,29,31,32)/t17-,24?/m1/s1. The van der Waals surface area contributed by atoms with Crippen molar-refractivity contribution < 1.29 is 8.82 Å². The maximum Gasteiger partial charge on any atom is 0.261 e. The molecule has 36 heavy (non-hydrogen) atoms. The van der Waals surface area contributed by atoms with E-state index in [-0.39, 0.29) is 27.2 Å². The van der Waals surface area contributed by atoms with Crippen molar-refractivity contribution >= 4 is 59.2 Å². The van der Waals surface area contributed by atoms with Crippen LogP contribution in [0, 0.1) is 0 Å². The zero-order valence-corrected chi connectivity index (χ0v) is 22.8. The molecule has 0 amide bonds. The molecule has 0 aliphatic carbocycles. The first-order valence-corrected chi connectivity index (χ1v) is 14.9. The number of imidazole rings is 1. The summed E-state index contributed by atoms with van der Waals surface area (Å²) in [6.07, 6.45) is 3.16. The average Bonchev–Trinajstić information content (AvgIpc) is 3.43. The summed E-state index contributed by atoms with van der Waals surface area (Å²) in [6, 6.07) is 20.8. The Hall–Kier alpha value is -2.72. The van der Waals surface area contributed by atoms with Crippen LogP contribution in [0.4, 0.5) is 10.3 Å². The number of anilines is 1. The number of halogens is 2. The third-order valence-corrected chi connectivity index (χ3v) is 13.0. The molecular formula is C26H27ClFN5OSSi. The van der Waals surface area contributed by atoms with E-state index in [0.29, 0.717) is 17.8 Å². The SMILES string of the molecule is CC(C)(C)[Si](OC[C@H]1C=C(F)C(n2cnc3c(Cl)nc(N)nc32)S1)(c1ccccc1)c1ccccc1. The Morgan fingerprint density at radius 2 is 1.67 bits per heavy atom. The van der Waals surface area contributed by atoms with E-state index in [1.807, 2.05) is 12.1 Å². The van der Waals surface area contributed by atoms with Crippen molar-refractivity contribution in [3.63, 3.8) is 0 Å². The summed E-state index contributed by atoms with van der Waals surface area (Å²) < 4.78 is 23.9. The monoisotopic (exact) mass is 539 g/mol. The average molecular weight is 540 g/mol. The van der Waals surface area contributed by atoms with Gasteiger partial charge in [0.05, 0.1) is 18.2 Å². The molecule has 6 nitrogen and oxygen atoms in total. The summed E-state index contributed by atoms with van der Waals surface area (Å²) in [5.74, 6) is -0.253. The molecule has 0 saturated carbocycles. The predicted octanol–water partition coefficient (Wildman–Crippen LogP) is 5.11. The highest BCUT2D eigenvalue weighted by atomic mass is 35.5. The number of hydrogen-bond acceptors (Lipinski definition) is 6. The van der Waals surface area contributed by atoms with Crippen molar-refractivity contribution in [3.8, 4) is 0 Å².